The van der Waals surface area contributed by atoms with E-state index in [1.165, 1.54) is 0 Å². The second kappa shape index (κ2) is 6.11. The molecule has 0 saturated carbocycles. The van der Waals surface area contributed by atoms with E-state index in [1.807, 2.05) is 11.1 Å². The summed E-state index contributed by atoms with van der Waals surface area (Å²) in [4.78, 5) is 12.2. The van der Waals surface area contributed by atoms with Crippen molar-refractivity contribution in [2.45, 2.75) is 38.5 Å². The molecule has 2 heterocycles. The highest BCUT2D eigenvalue weighted by Crippen LogP contribution is 2.15. The minimum Gasteiger partial charge on any atom is -0.461 e. The Hall–Kier alpha value is -1.11. The topological polar surface area (TPSA) is 54.7 Å². The molecule has 1 aromatic rings. The number of amides is 1. The molecule has 112 valence electrons. The van der Waals surface area contributed by atoms with Gasteiger partial charge in [0.15, 0.2) is 5.76 Å². The van der Waals surface area contributed by atoms with Gasteiger partial charge in [0.1, 0.15) is 8.07 Å². The minimum absolute atomic E-state index is 0.169. The molecular formula is C14H24N2O3Si. The molecule has 0 aliphatic carbocycles. The summed E-state index contributed by atoms with van der Waals surface area (Å²) in [5.41, 5.74) is 2.93. The summed E-state index contributed by atoms with van der Waals surface area (Å²) < 4.78 is 10.9. The van der Waals surface area contributed by atoms with Crippen molar-refractivity contribution in [3.05, 3.63) is 17.9 Å². The van der Waals surface area contributed by atoms with E-state index >= 15 is 0 Å². The van der Waals surface area contributed by atoms with Crippen molar-refractivity contribution >= 4 is 19.4 Å². The summed E-state index contributed by atoms with van der Waals surface area (Å²) in [5.74, 6) is 0.225. The Morgan fingerprint density at radius 3 is 2.85 bits per heavy atom. The zero-order valence-corrected chi connectivity index (χ0v) is 13.7. The molecule has 1 aromatic heterocycles. The van der Waals surface area contributed by atoms with Gasteiger partial charge in [-0.25, -0.2) is 5.01 Å². The van der Waals surface area contributed by atoms with Crippen LogP contribution in [0, 0.1) is 0 Å². The molecule has 6 heteroatoms. The molecule has 20 heavy (non-hydrogen) atoms. The summed E-state index contributed by atoms with van der Waals surface area (Å²) in [6, 6.07) is 3.96. The molecular weight excluding hydrogens is 272 g/mol. The number of hydrogen-bond acceptors (Lipinski definition) is 4. The summed E-state index contributed by atoms with van der Waals surface area (Å²) in [6.07, 6.45) is 2.12. The van der Waals surface area contributed by atoms with Gasteiger partial charge in [0.25, 0.3) is 0 Å². The Morgan fingerprint density at radius 2 is 2.25 bits per heavy atom. The maximum atomic E-state index is 12.2. The molecule has 0 aromatic carbocycles. The number of furan rings is 1. The zero-order valence-electron chi connectivity index (χ0n) is 12.7. The van der Waals surface area contributed by atoms with Crippen LogP contribution in [0.15, 0.2) is 16.5 Å². The third kappa shape index (κ3) is 3.50. The van der Waals surface area contributed by atoms with Gasteiger partial charge in [0.2, 0.25) is 0 Å². The summed E-state index contributed by atoms with van der Waals surface area (Å²) in [7, 11) is 0.177. The van der Waals surface area contributed by atoms with Crippen molar-refractivity contribution in [3.63, 3.8) is 0 Å². The van der Waals surface area contributed by atoms with E-state index < -0.39 is 8.07 Å². The first-order valence-corrected chi connectivity index (χ1v) is 10.6. The van der Waals surface area contributed by atoms with Crippen molar-refractivity contribution < 1.29 is 13.9 Å². The maximum Gasteiger partial charge on any atom is 0.301 e. The molecule has 1 unspecified atom stereocenters. The molecule has 1 N–H and O–H groups in total. The summed E-state index contributed by atoms with van der Waals surface area (Å²) in [5, 5.41) is 2.92. The number of methoxy groups -OCH3 is 1. The van der Waals surface area contributed by atoms with Gasteiger partial charge in [0.05, 0.1) is 18.0 Å². The van der Waals surface area contributed by atoms with Crippen LogP contribution in [0.2, 0.25) is 19.6 Å². The van der Waals surface area contributed by atoms with Gasteiger partial charge in [0, 0.05) is 13.7 Å². The molecule has 0 spiro atoms. The Morgan fingerprint density at radius 1 is 1.50 bits per heavy atom. The molecule has 0 radical (unpaired) electrons. The smallest absolute Gasteiger partial charge is 0.301 e. The van der Waals surface area contributed by atoms with Crippen LogP contribution in [0.5, 0.6) is 0 Å². The van der Waals surface area contributed by atoms with Crippen LogP contribution >= 0.6 is 0 Å². The molecule has 1 saturated heterocycles. The fraction of sp³-hybridized carbons (Fsp3) is 0.643. The molecule has 1 aliphatic heterocycles. The molecule has 0 bridgehead atoms. The van der Waals surface area contributed by atoms with Crippen molar-refractivity contribution in [3.8, 4) is 0 Å². The SMILES string of the molecule is COCC1CCCN1NC(=O)c1ccc([Si](C)(C)C)o1. The number of rotatable bonds is 5. The lowest BCUT2D eigenvalue weighted by Crippen LogP contribution is -2.46. The van der Waals surface area contributed by atoms with Crippen LogP contribution in [0.3, 0.4) is 0 Å². The molecule has 1 fully saturated rings. The van der Waals surface area contributed by atoms with Crippen LogP contribution < -0.4 is 10.8 Å². The van der Waals surface area contributed by atoms with Gasteiger partial charge < -0.3 is 9.15 Å². The standard InChI is InChI=1S/C14H24N2O3Si/c1-18-10-11-6-5-9-16(11)15-14(17)12-7-8-13(19-12)20(2,3)4/h7-8,11H,5-6,9-10H2,1-4H3,(H,15,17). The van der Waals surface area contributed by atoms with Crippen molar-refractivity contribution in [2.75, 3.05) is 20.3 Å². The first-order chi connectivity index (χ1) is 9.41. The monoisotopic (exact) mass is 296 g/mol. The largest absolute Gasteiger partial charge is 0.461 e. The molecule has 1 atom stereocenters. The lowest BCUT2D eigenvalue weighted by Gasteiger charge is -2.23. The first kappa shape index (κ1) is 15.3. The van der Waals surface area contributed by atoms with E-state index in [-0.39, 0.29) is 11.9 Å². The number of ether oxygens (including phenoxy) is 1. The van der Waals surface area contributed by atoms with Gasteiger partial charge >= 0.3 is 5.91 Å². The molecule has 1 amide bonds. The Kier molecular flexibility index (Phi) is 4.67. The maximum absolute atomic E-state index is 12.2. The van der Waals surface area contributed by atoms with Gasteiger partial charge in [-0.3, -0.25) is 10.2 Å². The molecule has 1 aliphatic rings. The number of carbonyl (C=O) groups is 1. The van der Waals surface area contributed by atoms with E-state index in [4.69, 9.17) is 9.15 Å². The third-order valence-corrected chi connectivity index (χ3v) is 5.30. The fourth-order valence-electron chi connectivity index (χ4n) is 2.40. The quantitative estimate of drug-likeness (QED) is 0.838. The average Bonchev–Trinajstić information content (AvgIpc) is 2.98. The van der Waals surface area contributed by atoms with E-state index in [0.717, 1.165) is 24.8 Å². The number of hydrazine groups is 1. The summed E-state index contributed by atoms with van der Waals surface area (Å²) in [6.45, 7) is 8.09. The van der Waals surface area contributed by atoms with Crippen molar-refractivity contribution in [1.29, 1.82) is 0 Å². The average molecular weight is 296 g/mol. The van der Waals surface area contributed by atoms with E-state index in [9.17, 15) is 4.79 Å². The lowest BCUT2D eigenvalue weighted by molar-refractivity contribution is 0.0590. The van der Waals surface area contributed by atoms with E-state index in [1.54, 1.807) is 13.2 Å². The zero-order chi connectivity index (χ0) is 14.8. The van der Waals surface area contributed by atoms with Crippen molar-refractivity contribution in [1.82, 2.24) is 10.4 Å². The highest BCUT2D eigenvalue weighted by Gasteiger charge is 2.28. The number of carbonyl (C=O) groups excluding carboxylic acids is 1. The second-order valence-electron chi connectivity index (χ2n) is 6.30. The molecule has 2 rings (SSSR count). The predicted octanol–water partition coefficient (Wildman–Crippen LogP) is 1.58. The Labute approximate surface area is 121 Å². The highest BCUT2D eigenvalue weighted by atomic mass is 28.3. The van der Waals surface area contributed by atoms with Gasteiger partial charge in [-0.15, -0.1) is 0 Å². The predicted molar refractivity (Wildman–Crippen MR) is 80.8 cm³/mol. The van der Waals surface area contributed by atoms with E-state index in [2.05, 4.69) is 25.1 Å². The first-order valence-electron chi connectivity index (χ1n) is 7.08. The van der Waals surface area contributed by atoms with Crippen LogP contribution in [-0.2, 0) is 4.74 Å². The summed E-state index contributed by atoms with van der Waals surface area (Å²) >= 11 is 0. The van der Waals surface area contributed by atoms with Gasteiger partial charge in [-0.2, -0.15) is 0 Å². The fourth-order valence-corrected chi connectivity index (χ4v) is 3.40. The van der Waals surface area contributed by atoms with Crippen LogP contribution in [-0.4, -0.2) is 45.3 Å². The normalized spacial score (nSPS) is 20.3. The van der Waals surface area contributed by atoms with Crippen LogP contribution in [0.1, 0.15) is 23.4 Å². The van der Waals surface area contributed by atoms with Crippen LogP contribution in [0.25, 0.3) is 0 Å². The Balaban J connectivity index is 1.99. The van der Waals surface area contributed by atoms with Crippen molar-refractivity contribution in [2.24, 2.45) is 0 Å². The highest BCUT2D eigenvalue weighted by molar-refractivity contribution is 6.87. The third-order valence-electron chi connectivity index (χ3n) is 3.55. The second-order valence-corrected chi connectivity index (χ2v) is 11.3. The van der Waals surface area contributed by atoms with E-state index in [0.29, 0.717) is 12.4 Å². The number of hydrogen-bond donors (Lipinski definition) is 1. The number of nitrogens with one attached hydrogen (secondary N) is 1. The van der Waals surface area contributed by atoms with Crippen LogP contribution in [0.4, 0.5) is 0 Å². The lowest BCUT2D eigenvalue weighted by atomic mass is 10.2. The minimum atomic E-state index is -1.51. The molecule has 5 nitrogen and oxygen atoms in total. The van der Waals surface area contributed by atoms with Gasteiger partial charge in [-0.1, -0.05) is 19.6 Å². The Bertz CT molecular complexity index is 467. The number of nitrogens with zero attached hydrogens (tertiary/aromatic N) is 1. The van der Waals surface area contributed by atoms with Gasteiger partial charge in [-0.05, 0) is 25.0 Å².